The smallest absolute Gasteiger partial charge is 0.231 e. The van der Waals surface area contributed by atoms with Crippen LogP contribution in [0.25, 0.3) is 5.69 Å². The average Bonchev–Trinajstić information content (AvgIpc) is 3.39. The van der Waals surface area contributed by atoms with Gasteiger partial charge in [0.1, 0.15) is 0 Å². The van der Waals surface area contributed by atoms with Crippen LogP contribution in [-0.4, -0.2) is 58.2 Å². The van der Waals surface area contributed by atoms with Crippen molar-refractivity contribution in [2.75, 3.05) is 33.1 Å². The minimum atomic E-state index is -0.118. The van der Waals surface area contributed by atoms with Crippen molar-refractivity contribution in [3.63, 3.8) is 0 Å². The lowest BCUT2D eigenvalue weighted by Gasteiger charge is -2.34. The van der Waals surface area contributed by atoms with Crippen LogP contribution in [0.15, 0.2) is 42.5 Å². The van der Waals surface area contributed by atoms with Crippen LogP contribution >= 0.6 is 0 Å². The summed E-state index contributed by atoms with van der Waals surface area (Å²) in [5.74, 6) is 2.30. The number of aryl methyl sites for hydroxylation is 1. The molecule has 2 aliphatic rings. The van der Waals surface area contributed by atoms with Crippen molar-refractivity contribution in [2.24, 2.45) is 0 Å². The number of para-hydroxylation sites is 1. The summed E-state index contributed by atoms with van der Waals surface area (Å²) in [5, 5.41) is 12.7. The quantitative estimate of drug-likeness (QED) is 0.687. The minimum Gasteiger partial charge on any atom is -0.454 e. The number of hydrogen-bond donors (Lipinski definition) is 0. The van der Waals surface area contributed by atoms with Crippen molar-refractivity contribution in [1.29, 1.82) is 0 Å². The molecule has 0 unspecified atom stereocenters. The number of aromatic nitrogens is 4. The first kappa shape index (κ1) is 17.2. The number of ether oxygens (including phenoxy) is 3. The fraction of sp³-hybridized carbons (Fsp3) is 0.350. The van der Waals surface area contributed by atoms with E-state index in [1.165, 1.54) is 0 Å². The van der Waals surface area contributed by atoms with Gasteiger partial charge in [-0.05, 0) is 46.7 Å². The van der Waals surface area contributed by atoms with E-state index in [2.05, 4.69) is 39.5 Å². The van der Waals surface area contributed by atoms with Crippen LogP contribution in [0, 0.1) is 6.92 Å². The molecular formula is C20H21N5O3. The predicted molar refractivity (Wildman–Crippen MR) is 101 cm³/mol. The van der Waals surface area contributed by atoms with Gasteiger partial charge in [0.15, 0.2) is 17.3 Å². The van der Waals surface area contributed by atoms with Crippen molar-refractivity contribution < 1.29 is 14.2 Å². The van der Waals surface area contributed by atoms with Gasteiger partial charge in [-0.2, -0.15) is 4.68 Å². The molecule has 1 saturated heterocycles. The Bertz CT molecular complexity index is 983. The Balaban J connectivity index is 1.62. The maximum Gasteiger partial charge on any atom is 0.231 e. The van der Waals surface area contributed by atoms with E-state index < -0.39 is 0 Å². The number of tetrazole rings is 1. The molecule has 3 heterocycles. The minimum absolute atomic E-state index is 0.118. The van der Waals surface area contributed by atoms with Crippen LogP contribution in [0.5, 0.6) is 11.5 Å². The first-order chi connectivity index (χ1) is 13.8. The maximum absolute atomic E-state index is 5.60. The van der Waals surface area contributed by atoms with Gasteiger partial charge in [-0.15, -0.1) is 5.10 Å². The molecule has 144 valence electrons. The van der Waals surface area contributed by atoms with Crippen molar-refractivity contribution >= 4 is 0 Å². The Hall–Kier alpha value is -2.97. The molecule has 1 fully saturated rings. The van der Waals surface area contributed by atoms with E-state index in [1.54, 1.807) is 0 Å². The number of nitrogens with zero attached hydrogens (tertiary/aromatic N) is 5. The average molecular weight is 379 g/mol. The SMILES string of the molecule is Cc1ccccc1-n1nnnc1[C@H](c1ccc2c(c1)OCO2)N1CCOCC1. The van der Waals surface area contributed by atoms with Crippen LogP contribution in [0.4, 0.5) is 0 Å². The Morgan fingerprint density at radius 1 is 1.00 bits per heavy atom. The second-order valence-electron chi connectivity index (χ2n) is 6.90. The van der Waals surface area contributed by atoms with E-state index in [-0.39, 0.29) is 12.8 Å². The second kappa shape index (κ2) is 7.21. The highest BCUT2D eigenvalue weighted by atomic mass is 16.7. The first-order valence-corrected chi connectivity index (χ1v) is 9.37. The molecule has 1 atom stereocenters. The summed E-state index contributed by atoms with van der Waals surface area (Å²) >= 11 is 0. The van der Waals surface area contributed by atoms with Crippen molar-refractivity contribution in [1.82, 2.24) is 25.1 Å². The molecule has 0 saturated carbocycles. The molecule has 28 heavy (non-hydrogen) atoms. The predicted octanol–water partition coefficient (Wildman–Crippen LogP) is 2.12. The number of rotatable bonds is 4. The molecule has 0 spiro atoms. The van der Waals surface area contributed by atoms with Gasteiger partial charge >= 0.3 is 0 Å². The highest BCUT2D eigenvalue weighted by Gasteiger charge is 2.31. The normalized spacial score (nSPS) is 17.6. The molecule has 2 aromatic carbocycles. The Labute approximate surface area is 162 Å². The number of morpholine rings is 1. The van der Waals surface area contributed by atoms with Gasteiger partial charge in [0.2, 0.25) is 6.79 Å². The largest absolute Gasteiger partial charge is 0.454 e. The van der Waals surface area contributed by atoms with Gasteiger partial charge in [-0.3, -0.25) is 4.90 Å². The molecule has 0 radical (unpaired) electrons. The highest BCUT2D eigenvalue weighted by Crippen LogP contribution is 2.37. The highest BCUT2D eigenvalue weighted by molar-refractivity contribution is 5.47. The molecule has 0 N–H and O–H groups in total. The molecule has 0 amide bonds. The topological polar surface area (TPSA) is 74.5 Å². The molecule has 0 bridgehead atoms. The zero-order chi connectivity index (χ0) is 18.9. The second-order valence-corrected chi connectivity index (χ2v) is 6.90. The van der Waals surface area contributed by atoms with Gasteiger partial charge in [0.05, 0.1) is 24.9 Å². The first-order valence-electron chi connectivity index (χ1n) is 9.37. The zero-order valence-corrected chi connectivity index (χ0v) is 15.6. The fourth-order valence-electron chi connectivity index (χ4n) is 3.78. The zero-order valence-electron chi connectivity index (χ0n) is 15.6. The summed E-state index contributed by atoms with van der Waals surface area (Å²) in [6, 6.07) is 14.0. The summed E-state index contributed by atoms with van der Waals surface area (Å²) < 4.78 is 18.5. The molecule has 0 aliphatic carbocycles. The van der Waals surface area contributed by atoms with Crippen LogP contribution in [0.2, 0.25) is 0 Å². The lowest BCUT2D eigenvalue weighted by molar-refractivity contribution is 0.0220. The molecule has 8 heteroatoms. The summed E-state index contributed by atoms with van der Waals surface area (Å²) in [4.78, 5) is 2.35. The summed E-state index contributed by atoms with van der Waals surface area (Å²) in [7, 11) is 0. The maximum atomic E-state index is 5.60. The monoisotopic (exact) mass is 379 g/mol. The van der Waals surface area contributed by atoms with E-state index in [0.717, 1.165) is 47.2 Å². The molecule has 5 rings (SSSR count). The van der Waals surface area contributed by atoms with Gasteiger partial charge in [0.25, 0.3) is 0 Å². The Morgan fingerprint density at radius 2 is 1.82 bits per heavy atom. The summed E-state index contributed by atoms with van der Waals surface area (Å²) in [6.45, 7) is 5.30. The number of benzene rings is 2. The summed E-state index contributed by atoms with van der Waals surface area (Å²) in [5.41, 5.74) is 3.15. The van der Waals surface area contributed by atoms with Gasteiger partial charge in [0, 0.05) is 13.1 Å². The van der Waals surface area contributed by atoms with Crippen LogP contribution < -0.4 is 9.47 Å². The third-order valence-corrected chi connectivity index (χ3v) is 5.21. The molecular weight excluding hydrogens is 358 g/mol. The van der Waals surface area contributed by atoms with E-state index in [0.29, 0.717) is 13.2 Å². The third-order valence-electron chi connectivity index (χ3n) is 5.21. The van der Waals surface area contributed by atoms with Crippen LogP contribution in [-0.2, 0) is 4.74 Å². The molecule has 8 nitrogen and oxygen atoms in total. The van der Waals surface area contributed by atoms with Crippen LogP contribution in [0.1, 0.15) is 23.0 Å². The fourth-order valence-corrected chi connectivity index (χ4v) is 3.78. The molecule has 1 aromatic heterocycles. The van der Waals surface area contributed by atoms with Crippen molar-refractivity contribution in [2.45, 2.75) is 13.0 Å². The third kappa shape index (κ3) is 3.00. The van der Waals surface area contributed by atoms with Crippen molar-refractivity contribution in [3.05, 3.63) is 59.4 Å². The number of hydrogen-bond acceptors (Lipinski definition) is 7. The Morgan fingerprint density at radius 3 is 2.68 bits per heavy atom. The van der Waals surface area contributed by atoms with E-state index in [9.17, 15) is 0 Å². The van der Waals surface area contributed by atoms with E-state index in [1.807, 2.05) is 35.0 Å². The Kier molecular flexibility index (Phi) is 4.42. The lowest BCUT2D eigenvalue weighted by atomic mass is 10.0. The van der Waals surface area contributed by atoms with Crippen LogP contribution in [0.3, 0.4) is 0 Å². The molecule has 3 aromatic rings. The van der Waals surface area contributed by atoms with Crippen molar-refractivity contribution in [3.8, 4) is 17.2 Å². The standard InChI is InChI=1S/C20H21N5O3/c1-14-4-2-3-5-16(14)25-20(21-22-23-25)19(24-8-10-26-11-9-24)15-6-7-17-18(12-15)28-13-27-17/h2-7,12,19H,8-11,13H2,1H3/t19-/m0/s1. The molecule has 2 aliphatic heterocycles. The van der Waals surface area contributed by atoms with Gasteiger partial charge < -0.3 is 14.2 Å². The van der Waals surface area contributed by atoms with E-state index >= 15 is 0 Å². The van der Waals surface area contributed by atoms with Gasteiger partial charge in [-0.1, -0.05) is 24.3 Å². The lowest BCUT2D eigenvalue weighted by Crippen LogP contribution is -2.40. The van der Waals surface area contributed by atoms with Gasteiger partial charge in [-0.25, -0.2) is 0 Å². The summed E-state index contributed by atoms with van der Waals surface area (Å²) in [6.07, 6.45) is 0. The number of fused-ring (bicyclic) bond motifs is 1. The van der Waals surface area contributed by atoms with E-state index in [4.69, 9.17) is 14.2 Å².